The number of thiazole rings is 1. The van der Waals surface area contributed by atoms with Crippen LogP contribution in [-0.2, 0) is 6.54 Å². The van der Waals surface area contributed by atoms with Gasteiger partial charge in [-0.2, -0.15) is 0 Å². The topological polar surface area (TPSA) is 42.2 Å². The third kappa shape index (κ3) is 2.56. The zero-order chi connectivity index (χ0) is 10.7. The minimum atomic E-state index is 0.542. The third-order valence-corrected chi connectivity index (χ3v) is 4.03. The van der Waals surface area contributed by atoms with Crippen LogP contribution in [0.4, 0.5) is 0 Å². The van der Waals surface area contributed by atoms with E-state index in [1.807, 2.05) is 5.51 Å². The molecular weight excluding hydrogens is 206 g/mol. The van der Waals surface area contributed by atoms with Crippen LogP contribution < -0.4 is 5.73 Å². The molecule has 4 heteroatoms. The first kappa shape index (κ1) is 11.0. The summed E-state index contributed by atoms with van der Waals surface area (Å²) in [6, 6.07) is 0.542. The lowest BCUT2D eigenvalue weighted by molar-refractivity contribution is 0.117. The van der Waals surface area contributed by atoms with E-state index in [0.29, 0.717) is 6.04 Å². The molecule has 3 nitrogen and oxygen atoms in total. The zero-order valence-electron chi connectivity index (χ0n) is 9.22. The normalized spacial score (nSPS) is 19.1. The van der Waals surface area contributed by atoms with E-state index in [4.69, 9.17) is 5.73 Å². The molecule has 0 aliphatic heterocycles. The Kier molecular flexibility index (Phi) is 3.72. The van der Waals surface area contributed by atoms with Crippen LogP contribution in [-0.4, -0.2) is 29.5 Å². The van der Waals surface area contributed by atoms with E-state index in [0.717, 1.165) is 19.0 Å². The summed E-state index contributed by atoms with van der Waals surface area (Å²) in [5.74, 6) is 0.818. The van der Waals surface area contributed by atoms with Crippen molar-refractivity contribution >= 4 is 11.3 Å². The third-order valence-electron chi connectivity index (χ3n) is 3.40. The van der Waals surface area contributed by atoms with E-state index in [-0.39, 0.29) is 0 Å². The molecule has 1 heterocycles. The molecule has 1 atom stereocenters. The second-order valence-corrected chi connectivity index (χ2v) is 5.11. The maximum absolute atomic E-state index is 5.85. The quantitative estimate of drug-likeness (QED) is 0.829. The van der Waals surface area contributed by atoms with Crippen molar-refractivity contribution in [2.45, 2.75) is 31.8 Å². The average Bonchev–Trinajstić information content (AvgIpc) is 2.63. The first-order chi connectivity index (χ1) is 7.31. The van der Waals surface area contributed by atoms with Crippen molar-refractivity contribution in [3.63, 3.8) is 0 Å². The van der Waals surface area contributed by atoms with Crippen LogP contribution >= 0.6 is 11.3 Å². The summed E-state index contributed by atoms with van der Waals surface area (Å²) in [5.41, 5.74) is 8.91. The van der Waals surface area contributed by atoms with Crippen molar-refractivity contribution < 1.29 is 0 Å². The number of aromatic nitrogens is 1. The molecule has 1 saturated carbocycles. The van der Waals surface area contributed by atoms with E-state index in [1.165, 1.54) is 25.0 Å². The Morgan fingerprint density at radius 1 is 1.67 bits per heavy atom. The molecule has 2 rings (SSSR count). The predicted molar refractivity (Wildman–Crippen MR) is 63.8 cm³/mol. The highest BCUT2D eigenvalue weighted by Crippen LogP contribution is 2.31. The SMILES string of the molecule is CN(Cc1cscn1)C(CN)C1CCC1. The van der Waals surface area contributed by atoms with Crippen LogP contribution in [0.5, 0.6) is 0 Å². The van der Waals surface area contributed by atoms with Crippen LogP contribution in [0.15, 0.2) is 10.9 Å². The first-order valence-electron chi connectivity index (χ1n) is 5.58. The predicted octanol–water partition coefficient (Wildman–Crippen LogP) is 1.70. The molecule has 1 aliphatic rings. The van der Waals surface area contributed by atoms with Gasteiger partial charge in [-0.25, -0.2) is 4.98 Å². The van der Waals surface area contributed by atoms with Gasteiger partial charge in [0.05, 0.1) is 11.2 Å². The first-order valence-corrected chi connectivity index (χ1v) is 6.53. The minimum absolute atomic E-state index is 0.542. The van der Waals surface area contributed by atoms with Gasteiger partial charge in [-0.1, -0.05) is 6.42 Å². The van der Waals surface area contributed by atoms with Crippen molar-refractivity contribution in [3.8, 4) is 0 Å². The summed E-state index contributed by atoms with van der Waals surface area (Å²) in [7, 11) is 2.16. The maximum atomic E-state index is 5.85. The number of likely N-dealkylation sites (N-methyl/N-ethyl adjacent to an activating group) is 1. The Labute approximate surface area is 95.3 Å². The Balaban J connectivity index is 1.90. The molecule has 0 bridgehead atoms. The van der Waals surface area contributed by atoms with Crippen LogP contribution in [0, 0.1) is 5.92 Å². The van der Waals surface area contributed by atoms with E-state index in [1.54, 1.807) is 11.3 Å². The molecule has 0 radical (unpaired) electrons. The standard InChI is InChI=1S/C11H19N3S/c1-14(6-10-7-15-8-13-10)11(5-12)9-3-2-4-9/h7-9,11H,2-6,12H2,1H3. The Morgan fingerprint density at radius 3 is 2.93 bits per heavy atom. The van der Waals surface area contributed by atoms with Crippen molar-refractivity contribution in [3.05, 3.63) is 16.6 Å². The zero-order valence-corrected chi connectivity index (χ0v) is 10.0. The lowest BCUT2D eigenvalue weighted by Crippen LogP contribution is -2.45. The van der Waals surface area contributed by atoms with E-state index in [2.05, 4.69) is 22.3 Å². The molecule has 1 aliphatic carbocycles. The van der Waals surface area contributed by atoms with Crippen molar-refractivity contribution in [1.29, 1.82) is 0 Å². The van der Waals surface area contributed by atoms with Crippen LogP contribution in [0.1, 0.15) is 25.0 Å². The van der Waals surface area contributed by atoms with Crippen molar-refractivity contribution in [1.82, 2.24) is 9.88 Å². The van der Waals surface area contributed by atoms with Gasteiger partial charge in [-0.05, 0) is 25.8 Å². The van der Waals surface area contributed by atoms with Gasteiger partial charge in [0.1, 0.15) is 0 Å². The van der Waals surface area contributed by atoms with E-state index in [9.17, 15) is 0 Å². The lowest BCUT2D eigenvalue weighted by Gasteiger charge is -2.38. The Hall–Kier alpha value is -0.450. The largest absolute Gasteiger partial charge is 0.329 e. The maximum Gasteiger partial charge on any atom is 0.0795 e. The molecule has 1 aromatic heterocycles. The monoisotopic (exact) mass is 225 g/mol. The molecule has 0 spiro atoms. The molecule has 15 heavy (non-hydrogen) atoms. The second-order valence-electron chi connectivity index (χ2n) is 4.39. The lowest BCUT2D eigenvalue weighted by atomic mass is 9.79. The van der Waals surface area contributed by atoms with Gasteiger partial charge >= 0.3 is 0 Å². The average molecular weight is 225 g/mol. The van der Waals surface area contributed by atoms with Crippen molar-refractivity contribution in [2.75, 3.05) is 13.6 Å². The van der Waals surface area contributed by atoms with Gasteiger partial charge in [0.15, 0.2) is 0 Å². The Morgan fingerprint density at radius 2 is 2.47 bits per heavy atom. The van der Waals surface area contributed by atoms with E-state index >= 15 is 0 Å². The molecule has 0 saturated heterocycles. The Bertz CT molecular complexity index is 282. The summed E-state index contributed by atoms with van der Waals surface area (Å²) in [6.45, 7) is 1.70. The number of nitrogens with two attached hydrogens (primary N) is 1. The van der Waals surface area contributed by atoms with Crippen LogP contribution in [0.25, 0.3) is 0 Å². The molecule has 1 fully saturated rings. The number of nitrogens with zero attached hydrogens (tertiary/aromatic N) is 2. The van der Waals surface area contributed by atoms with E-state index < -0.39 is 0 Å². The second kappa shape index (κ2) is 5.05. The molecule has 0 amide bonds. The highest BCUT2D eigenvalue weighted by atomic mass is 32.1. The fraction of sp³-hybridized carbons (Fsp3) is 0.727. The van der Waals surface area contributed by atoms with Crippen LogP contribution in [0.2, 0.25) is 0 Å². The molecule has 0 aromatic carbocycles. The summed E-state index contributed by atoms with van der Waals surface area (Å²) in [6.07, 6.45) is 4.08. The molecular formula is C11H19N3S. The number of rotatable bonds is 5. The fourth-order valence-corrected chi connectivity index (χ4v) is 2.79. The van der Waals surface area contributed by atoms with Crippen molar-refractivity contribution in [2.24, 2.45) is 11.7 Å². The smallest absolute Gasteiger partial charge is 0.0795 e. The summed E-state index contributed by atoms with van der Waals surface area (Å²) in [5, 5.41) is 2.12. The molecule has 1 unspecified atom stereocenters. The summed E-state index contributed by atoms with van der Waals surface area (Å²) in [4.78, 5) is 6.67. The fourth-order valence-electron chi connectivity index (χ4n) is 2.25. The van der Waals surface area contributed by atoms with Gasteiger partial charge in [-0.15, -0.1) is 11.3 Å². The van der Waals surface area contributed by atoms with Gasteiger partial charge < -0.3 is 5.73 Å². The van der Waals surface area contributed by atoms with Crippen LogP contribution in [0.3, 0.4) is 0 Å². The van der Waals surface area contributed by atoms with Gasteiger partial charge in [0.2, 0.25) is 0 Å². The number of hydrogen-bond acceptors (Lipinski definition) is 4. The highest BCUT2D eigenvalue weighted by molar-refractivity contribution is 7.07. The molecule has 2 N–H and O–H groups in total. The van der Waals surface area contributed by atoms with Gasteiger partial charge in [0.25, 0.3) is 0 Å². The highest BCUT2D eigenvalue weighted by Gasteiger charge is 2.29. The summed E-state index contributed by atoms with van der Waals surface area (Å²) >= 11 is 1.66. The molecule has 84 valence electrons. The number of hydrogen-bond donors (Lipinski definition) is 1. The molecule has 1 aromatic rings. The van der Waals surface area contributed by atoms with Gasteiger partial charge in [0, 0.05) is 24.5 Å². The minimum Gasteiger partial charge on any atom is -0.329 e. The summed E-state index contributed by atoms with van der Waals surface area (Å²) < 4.78 is 0. The van der Waals surface area contributed by atoms with Gasteiger partial charge in [-0.3, -0.25) is 4.90 Å².